The van der Waals surface area contributed by atoms with E-state index in [0.717, 1.165) is 17.5 Å². The summed E-state index contributed by atoms with van der Waals surface area (Å²) in [7, 11) is 1.59. The van der Waals surface area contributed by atoms with Gasteiger partial charge in [-0.3, -0.25) is 4.79 Å². The van der Waals surface area contributed by atoms with Crippen molar-refractivity contribution >= 4 is 23.4 Å². The van der Waals surface area contributed by atoms with E-state index < -0.39 is 0 Å². The maximum absolute atomic E-state index is 11.9. The van der Waals surface area contributed by atoms with Crippen LogP contribution in [-0.4, -0.2) is 29.0 Å². The number of carbonyl (C=O) groups excluding carboxylic acids is 1. The number of carbonyl (C=O) groups is 1. The molecule has 0 aliphatic carbocycles. The SMILES string of the molecule is COc1ccc(NC(=O)CSc2nnc(-c3ccco3)o2)cc1. The zero-order chi connectivity index (χ0) is 16.1. The monoisotopic (exact) mass is 331 g/mol. The van der Waals surface area contributed by atoms with Crippen molar-refractivity contribution in [2.24, 2.45) is 0 Å². The molecule has 0 spiro atoms. The minimum absolute atomic E-state index is 0.159. The Morgan fingerprint density at radius 1 is 1.26 bits per heavy atom. The molecule has 118 valence electrons. The summed E-state index contributed by atoms with van der Waals surface area (Å²) in [5, 5.41) is 10.8. The van der Waals surface area contributed by atoms with Gasteiger partial charge in [-0.05, 0) is 36.4 Å². The maximum atomic E-state index is 11.9. The predicted molar refractivity (Wildman–Crippen MR) is 84.3 cm³/mol. The van der Waals surface area contributed by atoms with Crippen molar-refractivity contribution in [1.82, 2.24) is 10.2 Å². The van der Waals surface area contributed by atoms with Gasteiger partial charge < -0.3 is 18.9 Å². The minimum atomic E-state index is -0.169. The Bertz CT molecular complexity index is 768. The molecule has 0 atom stereocenters. The van der Waals surface area contributed by atoms with Crippen LogP contribution in [0.2, 0.25) is 0 Å². The van der Waals surface area contributed by atoms with Crippen LogP contribution in [0.4, 0.5) is 5.69 Å². The largest absolute Gasteiger partial charge is 0.497 e. The van der Waals surface area contributed by atoms with Gasteiger partial charge in [-0.1, -0.05) is 11.8 Å². The minimum Gasteiger partial charge on any atom is -0.497 e. The maximum Gasteiger partial charge on any atom is 0.284 e. The van der Waals surface area contributed by atoms with E-state index in [1.807, 2.05) is 0 Å². The normalized spacial score (nSPS) is 10.5. The summed E-state index contributed by atoms with van der Waals surface area (Å²) in [4.78, 5) is 11.9. The fourth-order valence-electron chi connectivity index (χ4n) is 1.77. The first kappa shape index (κ1) is 15.2. The van der Waals surface area contributed by atoms with Gasteiger partial charge in [0.05, 0.1) is 19.1 Å². The molecule has 0 saturated carbocycles. The summed E-state index contributed by atoms with van der Waals surface area (Å²) in [5.41, 5.74) is 0.693. The number of hydrogen-bond donors (Lipinski definition) is 1. The molecule has 0 fully saturated rings. The van der Waals surface area contributed by atoms with E-state index in [4.69, 9.17) is 13.6 Å². The summed E-state index contributed by atoms with van der Waals surface area (Å²) in [6.07, 6.45) is 1.52. The van der Waals surface area contributed by atoms with Crippen LogP contribution in [0.1, 0.15) is 0 Å². The zero-order valence-electron chi connectivity index (χ0n) is 12.2. The highest BCUT2D eigenvalue weighted by atomic mass is 32.2. The number of methoxy groups -OCH3 is 1. The summed E-state index contributed by atoms with van der Waals surface area (Å²) in [6, 6.07) is 10.5. The van der Waals surface area contributed by atoms with Crippen LogP contribution in [0.25, 0.3) is 11.7 Å². The Kier molecular flexibility index (Phi) is 4.62. The van der Waals surface area contributed by atoms with Gasteiger partial charge in [0.15, 0.2) is 5.76 Å². The smallest absolute Gasteiger partial charge is 0.284 e. The molecule has 1 aromatic carbocycles. The molecule has 1 N–H and O–H groups in total. The van der Waals surface area contributed by atoms with Crippen molar-refractivity contribution in [2.45, 2.75) is 5.22 Å². The highest BCUT2D eigenvalue weighted by Crippen LogP contribution is 2.23. The summed E-state index contributed by atoms with van der Waals surface area (Å²) < 4.78 is 15.6. The molecular weight excluding hydrogens is 318 g/mol. The molecule has 2 heterocycles. The lowest BCUT2D eigenvalue weighted by atomic mass is 10.3. The Balaban J connectivity index is 1.52. The van der Waals surface area contributed by atoms with Crippen molar-refractivity contribution in [2.75, 3.05) is 18.2 Å². The van der Waals surface area contributed by atoms with E-state index in [9.17, 15) is 4.79 Å². The third kappa shape index (κ3) is 3.92. The Labute approximate surface area is 136 Å². The average Bonchev–Trinajstić information content (AvgIpc) is 3.25. The summed E-state index contributed by atoms with van der Waals surface area (Å²) >= 11 is 1.15. The van der Waals surface area contributed by atoms with Gasteiger partial charge in [-0.2, -0.15) is 0 Å². The molecule has 1 amide bonds. The molecule has 3 aromatic rings. The number of aromatic nitrogens is 2. The number of thioether (sulfide) groups is 1. The topological polar surface area (TPSA) is 90.4 Å². The van der Waals surface area contributed by atoms with Crippen molar-refractivity contribution in [3.8, 4) is 17.4 Å². The van der Waals surface area contributed by atoms with Gasteiger partial charge in [0.2, 0.25) is 5.91 Å². The Hall–Kier alpha value is -2.74. The second kappa shape index (κ2) is 7.01. The molecule has 0 bridgehead atoms. The number of amides is 1. The summed E-state index contributed by atoms with van der Waals surface area (Å²) in [6.45, 7) is 0. The summed E-state index contributed by atoms with van der Waals surface area (Å²) in [5.74, 6) is 1.50. The third-order valence-corrected chi connectivity index (χ3v) is 3.66. The Morgan fingerprint density at radius 3 is 2.78 bits per heavy atom. The molecule has 0 radical (unpaired) electrons. The lowest BCUT2D eigenvalue weighted by Crippen LogP contribution is -2.13. The van der Waals surface area contributed by atoms with Gasteiger partial charge >= 0.3 is 0 Å². The highest BCUT2D eigenvalue weighted by molar-refractivity contribution is 7.99. The van der Waals surface area contributed by atoms with E-state index in [2.05, 4.69) is 15.5 Å². The first-order valence-corrected chi connectivity index (χ1v) is 7.67. The van der Waals surface area contributed by atoms with Gasteiger partial charge in [-0.25, -0.2) is 0 Å². The van der Waals surface area contributed by atoms with Crippen molar-refractivity contribution in [3.63, 3.8) is 0 Å². The van der Waals surface area contributed by atoms with E-state index in [1.165, 1.54) is 6.26 Å². The van der Waals surface area contributed by atoms with E-state index >= 15 is 0 Å². The molecule has 23 heavy (non-hydrogen) atoms. The molecule has 0 aliphatic heterocycles. The number of anilines is 1. The standard InChI is InChI=1S/C15H13N3O4S/c1-20-11-6-4-10(5-7-11)16-13(19)9-23-15-18-17-14(22-15)12-3-2-8-21-12/h2-8H,9H2,1H3,(H,16,19). The van der Waals surface area contributed by atoms with E-state index in [0.29, 0.717) is 16.7 Å². The molecule has 3 rings (SSSR count). The predicted octanol–water partition coefficient (Wildman–Crippen LogP) is 3.07. The number of nitrogens with one attached hydrogen (secondary N) is 1. The first-order valence-electron chi connectivity index (χ1n) is 6.68. The number of hydrogen-bond acceptors (Lipinski definition) is 7. The van der Waals surface area contributed by atoms with Gasteiger partial charge in [0, 0.05) is 5.69 Å². The number of ether oxygens (including phenoxy) is 1. The Morgan fingerprint density at radius 2 is 2.09 bits per heavy atom. The van der Waals surface area contributed by atoms with Crippen LogP contribution < -0.4 is 10.1 Å². The third-order valence-electron chi connectivity index (χ3n) is 2.84. The quantitative estimate of drug-likeness (QED) is 0.694. The van der Waals surface area contributed by atoms with Crippen molar-refractivity contribution in [3.05, 3.63) is 42.7 Å². The fraction of sp³-hybridized carbons (Fsp3) is 0.133. The molecular formula is C15H13N3O4S. The second-order valence-corrected chi connectivity index (χ2v) is 5.34. The molecule has 0 saturated heterocycles. The van der Waals surface area contributed by atoms with Crippen LogP contribution >= 0.6 is 11.8 Å². The van der Waals surface area contributed by atoms with Crippen molar-refractivity contribution < 1.29 is 18.4 Å². The van der Waals surface area contributed by atoms with Crippen LogP contribution in [0.3, 0.4) is 0 Å². The van der Waals surface area contributed by atoms with Crippen LogP contribution in [0, 0.1) is 0 Å². The molecule has 0 aliphatic rings. The van der Waals surface area contributed by atoms with Gasteiger partial charge in [-0.15, -0.1) is 10.2 Å². The molecule has 7 nitrogen and oxygen atoms in total. The van der Waals surface area contributed by atoms with E-state index in [-0.39, 0.29) is 17.6 Å². The molecule has 8 heteroatoms. The lowest BCUT2D eigenvalue weighted by molar-refractivity contribution is -0.113. The number of rotatable bonds is 6. The zero-order valence-corrected chi connectivity index (χ0v) is 13.0. The van der Waals surface area contributed by atoms with Crippen LogP contribution in [0.5, 0.6) is 5.75 Å². The van der Waals surface area contributed by atoms with Crippen LogP contribution in [-0.2, 0) is 4.79 Å². The molecule has 2 aromatic heterocycles. The number of benzene rings is 1. The van der Waals surface area contributed by atoms with Crippen LogP contribution in [0.15, 0.2) is 56.7 Å². The molecule has 0 unspecified atom stereocenters. The lowest BCUT2D eigenvalue weighted by Gasteiger charge is -2.05. The number of furan rings is 1. The average molecular weight is 331 g/mol. The first-order chi connectivity index (χ1) is 11.2. The number of nitrogens with zero attached hydrogens (tertiary/aromatic N) is 2. The van der Waals surface area contributed by atoms with Crippen molar-refractivity contribution in [1.29, 1.82) is 0 Å². The fourth-order valence-corrected chi connectivity index (χ4v) is 2.33. The van der Waals surface area contributed by atoms with E-state index in [1.54, 1.807) is 43.5 Å². The van der Waals surface area contributed by atoms with Gasteiger partial charge in [0.25, 0.3) is 11.1 Å². The van der Waals surface area contributed by atoms with Gasteiger partial charge in [0.1, 0.15) is 5.75 Å². The highest BCUT2D eigenvalue weighted by Gasteiger charge is 2.12. The second-order valence-electron chi connectivity index (χ2n) is 4.42.